The molecule has 0 unspecified atom stereocenters. The van der Waals surface area contributed by atoms with E-state index in [9.17, 15) is 9.59 Å². The molecule has 6 heteroatoms. The van der Waals surface area contributed by atoms with Crippen molar-refractivity contribution in [2.45, 2.75) is 19.3 Å². The second-order valence-electron chi connectivity index (χ2n) is 4.93. The fraction of sp³-hybridized carbons (Fsp3) is 0.333. The zero-order chi connectivity index (χ0) is 15.6. The number of hydrogen-bond donors (Lipinski definition) is 0. The van der Waals surface area contributed by atoms with Crippen LogP contribution in [0.5, 0.6) is 0 Å². The average molecular weight is 324 g/mol. The molecule has 2 heterocycles. The van der Waals surface area contributed by atoms with Crippen molar-refractivity contribution in [3.63, 3.8) is 0 Å². The van der Waals surface area contributed by atoms with E-state index in [1.54, 1.807) is 12.1 Å². The maximum Gasteiger partial charge on any atom is 0.339 e. The van der Waals surface area contributed by atoms with Gasteiger partial charge in [0.2, 0.25) is 0 Å². The number of hydrogen-bond acceptors (Lipinski definition) is 6. The lowest BCUT2D eigenvalue weighted by molar-refractivity contribution is 0.0593. The number of esters is 2. The predicted molar refractivity (Wildman–Crippen MR) is 83.4 cm³/mol. The van der Waals surface area contributed by atoms with Crippen molar-refractivity contribution < 1.29 is 19.1 Å². The molecule has 2 aromatic heterocycles. The molecule has 0 saturated heterocycles. The number of rotatable bonds is 4. The maximum absolute atomic E-state index is 11.9. The Labute approximate surface area is 131 Å². The lowest BCUT2D eigenvalue weighted by Crippen LogP contribution is -2.22. The van der Waals surface area contributed by atoms with Gasteiger partial charge >= 0.3 is 11.9 Å². The van der Waals surface area contributed by atoms with Crippen LogP contribution in [0.2, 0.25) is 0 Å². The first kappa shape index (κ1) is 15.7. The number of ether oxygens (including phenoxy) is 2. The lowest BCUT2D eigenvalue weighted by atomic mass is 9.85. The van der Waals surface area contributed by atoms with Gasteiger partial charge in [-0.15, -0.1) is 22.7 Å². The summed E-state index contributed by atoms with van der Waals surface area (Å²) in [6.07, 6.45) is 0. The summed E-state index contributed by atoms with van der Waals surface area (Å²) in [7, 11) is 2.73. The first-order valence-electron chi connectivity index (χ1n) is 6.26. The summed E-state index contributed by atoms with van der Waals surface area (Å²) in [5.41, 5.74) is 0.600. The Kier molecular flexibility index (Phi) is 4.49. The standard InChI is InChI=1S/C15H16O4S2/c1-15(2,11-9(5-7-20-11)13(16)18-3)12-10(6-8-21-12)14(17)19-4/h5-8H,1-4H3. The molecule has 0 spiro atoms. The lowest BCUT2D eigenvalue weighted by Gasteiger charge is -2.24. The summed E-state index contributed by atoms with van der Waals surface area (Å²) in [5.74, 6) is -0.731. The van der Waals surface area contributed by atoms with E-state index in [1.165, 1.54) is 36.9 Å². The van der Waals surface area contributed by atoms with Gasteiger partial charge in [0.15, 0.2) is 0 Å². The van der Waals surface area contributed by atoms with E-state index in [4.69, 9.17) is 9.47 Å². The van der Waals surface area contributed by atoms with Crippen LogP contribution in [-0.2, 0) is 14.9 Å². The Morgan fingerprint density at radius 2 is 1.29 bits per heavy atom. The first-order chi connectivity index (χ1) is 9.93. The molecule has 21 heavy (non-hydrogen) atoms. The first-order valence-corrected chi connectivity index (χ1v) is 8.02. The summed E-state index contributed by atoms with van der Waals surface area (Å²) in [6, 6.07) is 3.50. The fourth-order valence-electron chi connectivity index (χ4n) is 2.23. The highest BCUT2D eigenvalue weighted by Crippen LogP contribution is 2.41. The summed E-state index contributed by atoms with van der Waals surface area (Å²) >= 11 is 2.96. The number of carbonyl (C=O) groups is 2. The van der Waals surface area contributed by atoms with E-state index in [-0.39, 0.29) is 11.9 Å². The van der Waals surface area contributed by atoms with E-state index < -0.39 is 5.41 Å². The number of methoxy groups -OCH3 is 2. The van der Waals surface area contributed by atoms with Crippen molar-refractivity contribution in [2.24, 2.45) is 0 Å². The molecule has 0 N–H and O–H groups in total. The third-order valence-electron chi connectivity index (χ3n) is 3.28. The average Bonchev–Trinajstić information content (AvgIpc) is 3.14. The molecule has 0 atom stereocenters. The molecule has 0 bridgehead atoms. The highest BCUT2D eigenvalue weighted by Gasteiger charge is 2.34. The molecule has 2 rings (SSSR count). The largest absolute Gasteiger partial charge is 0.465 e. The summed E-state index contributed by atoms with van der Waals surface area (Å²) in [4.78, 5) is 25.5. The van der Waals surface area contributed by atoms with Crippen LogP contribution in [0.1, 0.15) is 44.3 Å². The molecule has 4 nitrogen and oxygen atoms in total. The van der Waals surface area contributed by atoms with Crippen LogP contribution >= 0.6 is 22.7 Å². The predicted octanol–water partition coefficient (Wildman–Crippen LogP) is 3.71. The van der Waals surface area contributed by atoms with Crippen molar-refractivity contribution in [3.05, 3.63) is 43.8 Å². The molecular formula is C15H16O4S2. The maximum atomic E-state index is 11.9. The zero-order valence-corrected chi connectivity index (χ0v) is 13.9. The van der Waals surface area contributed by atoms with Crippen LogP contribution in [0.3, 0.4) is 0 Å². The fourth-order valence-corrected chi connectivity index (χ4v) is 4.33. The minimum atomic E-state index is -0.477. The number of carbonyl (C=O) groups excluding carboxylic acids is 2. The van der Waals surface area contributed by atoms with E-state index in [2.05, 4.69) is 0 Å². The van der Waals surface area contributed by atoms with Gasteiger partial charge in [0.25, 0.3) is 0 Å². The third-order valence-corrected chi connectivity index (χ3v) is 5.75. The molecule has 0 aliphatic heterocycles. The Morgan fingerprint density at radius 1 is 0.905 bits per heavy atom. The van der Waals surface area contributed by atoms with Crippen LogP contribution in [0.15, 0.2) is 22.9 Å². The third kappa shape index (κ3) is 2.73. The second-order valence-corrected chi connectivity index (χ2v) is 6.77. The monoisotopic (exact) mass is 324 g/mol. The highest BCUT2D eigenvalue weighted by molar-refractivity contribution is 7.12. The normalized spacial score (nSPS) is 11.2. The molecule has 0 saturated carbocycles. The van der Waals surface area contributed by atoms with Crippen LogP contribution < -0.4 is 0 Å². The molecule has 0 fully saturated rings. The quantitative estimate of drug-likeness (QED) is 0.805. The van der Waals surface area contributed by atoms with Crippen molar-refractivity contribution in [3.8, 4) is 0 Å². The Hall–Kier alpha value is -1.66. The Bertz CT molecular complexity index is 611. The van der Waals surface area contributed by atoms with Gasteiger partial charge in [0, 0.05) is 15.2 Å². The minimum absolute atomic E-state index is 0.365. The Balaban J connectivity index is 2.53. The van der Waals surface area contributed by atoms with Gasteiger partial charge in [0.1, 0.15) is 0 Å². The van der Waals surface area contributed by atoms with Gasteiger partial charge < -0.3 is 9.47 Å². The topological polar surface area (TPSA) is 52.6 Å². The van der Waals surface area contributed by atoms with E-state index >= 15 is 0 Å². The molecule has 2 aromatic rings. The van der Waals surface area contributed by atoms with Crippen LogP contribution in [0, 0.1) is 0 Å². The summed E-state index contributed by atoms with van der Waals surface area (Å²) in [5, 5.41) is 3.71. The Morgan fingerprint density at radius 3 is 1.62 bits per heavy atom. The molecule has 0 aromatic carbocycles. The van der Waals surface area contributed by atoms with Gasteiger partial charge in [-0.25, -0.2) is 9.59 Å². The van der Waals surface area contributed by atoms with Crippen molar-refractivity contribution in [2.75, 3.05) is 14.2 Å². The van der Waals surface area contributed by atoms with E-state index in [1.807, 2.05) is 24.6 Å². The van der Waals surface area contributed by atoms with E-state index in [0.717, 1.165) is 9.75 Å². The van der Waals surface area contributed by atoms with Crippen LogP contribution in [-0.4, -0.2) is 26.2 Å². The SMILES string of the molecule is COC(=O)c1ccsc1C(C)(C)c1sccc1C(=O)OC. The molecule has 112 valence electrons. The van der Waals surface area contributed by atoms with Crippen LogP contribution in [0.25, 0.3) is 0 Å². The minimum Gasteiger partial charge on any atom is -0.465 e. The second kappa shape index (κ2) is 5.99. The van der Waals surface area contributed by atoms with Gasteiger partial charge in [-0.05, 0) is 22.9 Å². The van der Waals surface area contributed by atoms with Crippen molar-refractivity contribution in [1.29, 1.82) is 0 Å². The molecule has 0 radical (unpaired) electrons. The van der Waals surface area contributed by atoms with Crippen molar-refractivity contribution in [1.82, 2.24) is 0 Å². The zero-order valence-electron chi connectivity index (χ0n) is 12.3. The highest BCUT2D eigenvalue weighted by atomic mass is 32.1. The van der Waals surface area contributed by atoms with Crippen LogP contribution in [0.4, 0.5) is 0 Å². The van der Waals surface area contributed by atoms with Gasteiger partial charge in [-0.1, -0.05) is 13.8 Å². The van der Waals surface area contributed by atoms with Gasteiger partial charge in [0.05, 0.1) is 25.3 Å². The summed E-state index contributed by atoms with van der Waals surface area (Å²) in [6.45, 7) is 3.98. The van der Waals surface area contributed by atoms with Gasteiger partial charge in [-0.3, -0.25) is 0 Å². The van der Waals surface area contributed by atoms with E-state index in [0.29, 0.717) is 11.1 Å². The smallest absolute Gasteiger partial charge is 0.339 e. The number of thiophene rings is 2. The molecule has 0 aliphatic rings. The molecule has 0 amide bonds. The molecule has 0 aliphatic carbocycles. The van der Waals surface area contributed by atoms with Gasteiger partial charge in [-0.2, -0.15) is 0 Å². The molecular weight excluding hydrogens is 308 g/mol. The van der Waals surface area contributed by atoms with Crippen molar-refractivity contribution >= 4 is 34.6 Å². The summed E-state index contributed by atoms with van der Waals surface area (Å²) < 4.78 is 9.65.